The molecule has 1 atom stereocenters. The molecule has 0 spiro atoms. The first-order valence-corrected chi connectivity index (χ1v) is 6.55. The summed E-state index contributed by atoms with van der Waals surface area (Å²) in [5.74, 6) is -0.384. The van der Waals surface area contributed by atoms with Crippen LogP contribution in [0, 0.1) is 0 Å². The first-order valence-electron chi connectivity index (χ1n) is 6.55. The zero-order valence-corrected chi connectivity index (χ0v) is 11.4. The Kier molecular flexibility index (Phi) is 5.35. The number of benzene rings is 1. The molecular formula is C15H23NO2. The van der Waals surface area contributed by atoms with Crippen LogP contribution in [0.3, 0.4) is 0 Å². The lowest BCUT2D eigenvalue weighted by atomic mass is 9.89. The average Bonchev–Trinajstić information content (AvgIpc) is 2.34. The highest BCUT2D eigenvalue weighted by atomic mass is 16.4. The summed E-state index contributed by atoms with van der Waals surface area (Å²) >= 11 is 0. The molecule has 0 aliphatic carbocycles. The van der Waals surface area contributed by atoms with Crippen LogP contribution >= 0.6 is 0 Å². The van der Waals surface area contributed by atoms with E-state index in [0.29, 0.717) is 12.3 Å². The molecule has 0 saturated heterocycles. The van der Waals surface area contributed by atoms with Gasteiger partial charge in [-0.2, -0.15) is 0 Å². The van der Waals surface area contributed by atoms with Crippen LogP contribution in [0.15, 0.2) is 18.2 Å². The highest BCUT2D eigenvalue weighted by molar-refractivity contribution is 5.66. The molecule has 0 radical (unpaired) electrons. The fourth-order valence-corrected chi connectivity index (χ4v) is 2.13. The molecule has 0 amide bonds. The van der Waals surface area contributed by atoms with E-state index in [9.17, 15) is 4.79 Å². The number of hydrogen-bond acceptors (Lipinski definition) is 2. The lowest BCUT2D eigenvalue weighted by Gasteiger charge is -2.19. The fourth-order valence-electron chi connectivity index (χ4n) is 2.13. The third-order valence-corrected chi connectivity index (χ3v) is 3.25. The molecule has 3 N–H and O–H groups in total. The molecule has 3 nitrogen and oxygen atoms in total. The van der Waals surface area contributed by atoms with Gasteiger partial charge in [-0.1, -0.05) is 39.0 Å². The maximum absolute atomic E-state index is 10.6. The van der Waals surface area contributed by atoms with Crippen molar-refractivity contribution in [3.05, 3.63) is 34.9 Å². The minimum absolute atomic E-state index is 0.120. The van der Waals surface area contributed by atoms with Crippen molar-refractivity contribution in [1.29, 1.82) is 0 Å². The number of hydrogen-bond donors (Lipinski definition) is 2. The van der Waals surface area contributed by atoms with Crippen molar-refractivity contribution in [2.75, 3.05) is 0 Å². The second-order valence-corrected chi connectivity index (χ2v) is 5.01. The Morgan fingerprint density at radius 3 is 2.50 bits per heavy atom. The number of aryl methyl sites for hydroxylation is 1. The summed E-state index contributed by atoms with van der Waals surface area (Å²) < 4.78 is 0. The predicted molar refractivity (Wildman–Crippen MR) is 73.7 cm³/mol. The fraction of sp³-hybridized carbons (Fsp3) is 0.533. The van der Waals surface area contributed by atoms with Crippen LogP contribution in [0.4, 0.5) is 0 Å². The van der Waals surface area contributed by atoms with Gasteiger partial charge in [-0.3, -0.25) is 4.79 Å². The smallest absolute Gasteiger partial charge is 0.303 e. The van der Waals surface area contributed by atoms with Gasteiger partial charge >= 0.3 is 5.97 Å². The van der Waals surface area contributed by atoms with Crippen LogP contribution < -0.4 is 5.73 Å². The molecule has 0 saturated carbocycles. The summed E-state index contributed by atoms with van der Waals surface area (Å²) in [7, 11) is 0. The molecular weight excluding hydrogens is 226 g/mol. The summed E-state index contributed by atoms with van der Waals surface area (Å²) in [6, 6.07) is 6.19. The monoisotopic (exact) mass is 249 g/mol. The zero-order chi connectivity index (χ0) is 13.7. The van der Waals surface area contributed by atoms with Gasteiger partial charge in [-0.05, 0) is 35.4 Å². The van der Waals surface area contributed by atoms with Gasteiger partial charge in [0.25, 0.3) is 0 Å². The van der Waals surface area contributed by atoms with E-state index in [4.69, 9.17) is 10.8 Å². The van der Waals surface area contributed by atoms with E-state index in [0.717, 1.165) is 12.0 Å². The third-order valence-electron chi connectivity index (χ3n) is 3.25. The average molecular weight is 249 g/mol. The van der Waals surface area contributed by atoms with E-state index < -0.39 is 5.97 Å². The van der Waals surface area contributed by atoms with E-state index in [1.54, 1.807) is 0 Å². The van der Waals surface area contributed by atoms with E-state index in [1.807, 2.05) is 0 Å². The standard InChI is InChI=1S/C15H23NO2/c1-4-11-5-6-12(10(2)3)13(9-11)14(16)7-8-15(17)18/h5-6,9-10,14H,4,7-8,16H2,1-3H3,(H,17,18). The molecule has 18 heavy (non-hydrogen) atoms. The second kappa shape index (κ2) is 6.55. The van der Waals surface area contributed by atoms with Gasteiger partial charge in [0.15, 0.2) is 0 Å². The van der Waals surface area contributed by atoms with E-state index in [-0.39, 0.29) is 12.5 Å². The Labute approximate surface area is 109 Å². The van der Waals surface area contributed by atoms with Crippen LogP contribution in [0.5, 0.6) is 0 Å². The molecule has 0 bridgehead atoms. The molecule has 1 aromatic carbocycles. The number of nitrogens with two attached hydrogens (primary N) is 1. The maximum Gasteiger partial charge on any atom is 0.303 e. The summed E-state index contributed by atoms with van der Waals surface area (Å²) in [4.78, 5) is 10.6. The molecule has 1 unspecified atom stereocenters. The quantitative estimate of drug-likeness (QED) is 0.813. The number of carbonyl (C=O) groups is 1. The van der Waals surface area contributed by atoms with Crippen molar-refractivity contribution in [2.24, 2.45) is 5.73 Å². The van der Waals surface area contributed by atoms with Crippen molar-refractivity contribution in [1.82, 2.24) is 0 Å². The highest BCUT2D eigenvalue weighted by Gasteiger charge is 2.15. The van der Waals surface area contributed by atoms with E-state index in [2.05, 4.69) is 39.0 Å². The molecule has 0 fully saturated rings. The molecule has 1 aromatic rings. The lowest BCUT2D eigenvalue weighted by Crippen LogP contribution is -2.15. The van der Waals surface area contributed by atoms with E-state index in [1.165, 1.54) is 11.1 Å². The number of rotatable bonds is 6. The van der Waals surface area contributed by atoms with E-state index >= 15 is 0 Å². The minimum Gasteiger partial charge on any atom is -0.481 e. The molecule has 0 heterocycles. The SMILES string of the molecule is CCc1ccc(C(C)C)c(C(N)CCC(=O)O)c1. The summed E-state index contributed by atoms with van der Waals surface area (Å²) in [5, 5.41) is 8.73. The minimum atomic E-state index is -0.789. The molecule has 100 valence electrons. The maximum atomic E-state index is 10.6. The van der Waals surface area contributed by atoms with Gasteiger partial charge in [-0.15, -0.1) is 0 Å². The topological polar surface area (TPSA) is 63.3 Å². The molecule has 0 aliphatic rings. The van der Waals surface area contributed by atoms with Gasteiger partial charge in [0.2, 0.25) is 0 Å². The largest absolute Gasteiger partial charge is 0.481 e. The molecule has 0 aliphatic heterocycles. The van der Waals surface area contributed by atoms with Crippen molar-refractivity contribution in [2.45, 2.75) is 52.0 Å². The number of carboxylic acid groups (broad SMARTS) is 1. The Balaban J connectivity index is 2.98. The first kappa shape index (κ1) is 14.7. The third kappa shape index (κ3) is 3.84. The van der Waals surface area contributed by atoms with Crippen LogP contribution in [-0.2, 0) is 11.2 Å². The Morgan fingerprint density at radius 2 is 2.00 bits per heavy atom. The Hall–Kier alpha value is -1.35. The van der Waals surface area contributed by atoms with Gasteiger partial charge in [0.1, 0.15) is 0 Å². The molecule has 0 aromatic heterocycles. The molecule has 3 heteroatoms. The highest BCUT2D eigenvalue weighted by Crippen LogP contribution is 2.27. The second-order valence-electron chi connectivity index (χ2n) is 5.01. The van der Waals surface area contributed by atoms with Crippen molar-refractivity contribution in [3.8, 4) is 0 Å². The first-order chi connectivity index (χ1) is 8.45. The Morgan fingerprint density at radius 1 is 1.33 bits per heavy atom. The number of aliphatic carboxylic acids is 1. The summed E-state index contributed by atoms with van der Waals surface area (Å²) in [6.45, 7) is 6.37. The number of carboxylic acids is 1. The summed E-state index contributed by atoms with van der Waals surface area (Å²) in [6.07, 6.45) is 1.58. The van der Waals surface area contributed by atoms with Crippen LogP contribution in [0.2, 0.25) is 0 Å². The lowest BCUT2D eigenvalue weighted by molar-refractivity contribution is -0.137. The van der Waals surface area contributed by atoms with Crippen molar-refractivity contribution >= 4 is 5.97 Å². The van der Waals surface area contributed by atoms with Crippen LogP contribution in [-0.4, -0.2) is 11.1 Å². The summed E-state index contributed by atoms with van der Waals surface area (Å²) in [5.41, 5.74) is 9.72. The van der Waals surface area contributed by atoms with Crippen LogP contribution in [0.1, 0.15) is 62.3 Å². The predicted octanol–water partition coefficient (Wildman–Crippen LogP) is 3.24. The van der Waals surface area contributed by atoms with Crippen molar-refractivity contribution in [3.63, 3.8) is 0 Å². The van der Waals surface area contributed by atoms with Gasteiger partial charge < -0.3 is 10.8 Å². The van der Waals surface area contributed by atoms with Crippen LogP contribution in [0.25, 0.3) is 0 Å². The van der Waals surface area contributed by atoms with Crippen molar-refractivity contribution < 1.29 is 9.90 Å². The van der Waals surface area contributed by atoms with Gasteiger partial charge in [0, 0.05) is 12.5 Å². The molecule has 1 rings (SSSR count). The van der Waals surface area contributed by atoms with Gasteiger partial charge in [0.05, 0.1) is 0 Å². The zero-order valence-electron chi connectivity index (χ0n) is 11.4. The Bertz CT molecular complexity index is 413. The normalized spacial score (nSPS) is 12.7. The van der Waals surface area contributed by atoms with Gasteiger partial charge in [-0.25, -0.2) is 0 Å².